The van der Waals surface area contributed by atoms with Crippen molar-refractivity contribution in [1.29, 1.82) is 0 Å². The Bertz CT molecular complexity index is 531. The van der Waals surface area contributed by atoms with Gasteiger partial charge in [-0.15, -0.1) is 0 Å². The van der Waals surface area contributed by atoms with Crippen molar-refractivity contribution in [2.24, 2.45) is 0 Å². The van der Waals surface area contributed by atoms with Crippen molar-refractivity contribution in [3.05, 3.63) is 41.5 Å². The van der Waals surface area contributed by atoms with Gasteiger partial charge >= 0.3 is 5.97 Å². The van der Waals surface area contributed by atoms with Gasteiger partial charge < -0.3 is 9.47 Å². The Balaban J connectivity index is 3.25. The summed E-state index contributed by atoms with van der Waals surface area (Å²) in [5, 5.41) is 0. The molecule has 0 aromatic heterocycles. The summed E-state index contributed by atoms with van der Waals surface area (Å²) in [4.78, 5) is 11.0. The third-order valence-corrected chi connectivity index (χ3v) is 3.82. The van der Waals surface area contributed by atoms with Gasteiger partial charge in [-0.25, -0.2) is 13.2 Å². The highest BCUT2D eigenvalue weighted by Gasteiger charge is 2.28. The Morgan fingerprint density at radius 2 is 1.89 bits per heavy atom. The van der Waals surface area contributed by atoms with E-state index >= 15 is 0 Å². The number of esters is 1. The lowest BCUT2D eigenvalue weighted by molar-refractivity contribution is -0.135. The number of benzene rings is 1. The molecule has 0 bridgehead atoms. The molecule has 0 atom stereocenters. The molecule has 1 rings (SSSR count). The lowest BCUT2D eigenvalue weighted by Gasteiger charge is -2.07. The van der Waals surface area contributed by atoms with Crippen LogP contribution < -0.4 is 0 Å². The molecule has 1 aromatic rings. The average molecular weight is 270 g/mol. The normalized spacial score (nSPS) is 12.0. The zero-order chi connectivity index (χ0) is 13.6. The fourth-order valence-electron chi connectivity index (χ4n) is 1.21. The molecule has 0 aliphatic rings. The third-order valence-electron chi connectivity index (χ3n) is 2.09. The first-order valence-corrected chi connectivity index (χ1v) is 6.72. The van der Waals surface area contributed by atoms with Gasteiger partial charge in [0.2, 0.25) is 9.84 Å². The molecule has 0 aliphatic carbocycles. The third kappa shape index (κ3) is 3.10. The van der Waals surface area contributed by atoms with Crippen molar-refractivity contribution >= 4 is 15.8 Å². The fourth-order valence-corrected chi connectivity index (χ4v) is 2.47. The molecule has 0 saturated heterocycles. The summed E-state index contributed by atoms with van der Waals surface area (Å²) in [6.45, 7) is 1.94. The fraction of sp³-hybridized carbons (Fsp3) is 0.250. The number of sulfone groups is 1. The van der Waals surface area contributed by atoms with Gasteiger partial charge in [-0.1, -0.05) is 18.2 Å². The van der Waals surface area contributed by atoms with Crippen LogP contribution in [0.1, 0.15) is 6.92 Å². The summed E-state index contributed by atoms with van der Waals surface area (Å²) in [6.07, 6.45) is 0.911. The molecule has 0 heterocycles. The van der Waals surface area contributed by atoms with E-state index in [-0.39, 0.29) is 11.5 Å². The molecular formula is C12H14O5S. The number of carbonyl (C=O) groups excluding carboxylic acids is 1. The van der Waals surface area contributed by atoms with Crippen LogP contribution >= 0.6 is 0 Å². The lowest BCUT2D eigenvalue weighted by Crippen LogP contribution is -2.16. The Hall–Kier alpha value is -1.82. The van der Waals surface area contributed by atoms with Crippen LogP contribution in [0.25, 0.3) is 0 Å². The summed E-state index contributed by atoms with van der Waals surface area (Å²) >= 11 is 0. The quantitative estimate of drug-likeness (QED) is 0.461. The van der Waals surface area contributed by atoms with Gasteiger partial charge in [0.1, 0.15) is 6.26 Å². The molecule has 0 spiro atoms. The topological polar surface area (TPSA) is 69.7 Å². The highest BCUT2D eigenvalue weighted by molar-refractivity contribution is 7.96. The molecule has 0 aliphatic heterocycles. The minimum atomic E-state index is -3.92. The van der Waals surface area contributed by atoms with E-state index in [1.165, 1.54) is 12.1 Å². The summed E-state index contributed by atoms with van der Waals surface area (Å²) in [5.74, 6) is -0.952. The molecule has 0 saturated carbocycles. The van der Waals surface area contributed by atoms with Crippen LogP contribution in [-0.4, -0.2) is 28.1 Å². The van der Waals surface area contributed by atoms with E-state index < -0.39 is 20.7 Å². The molecule has 18 heavy (non-hydrogen) atoms. The molecule has 98 valence electrons. The molecule has 6 heteroatoms. The van der Waals surface area contributed by atoms with Gasteiger partial charge in [-0.2, -0.15) is 0 Å². The number of methoxy groups -OCH3 is 1. The number of hydrogen-bond donors (Lipinski definition) is 0. The van der Waals surface area contributed by atoms with Gasteiger partial charge in [0, 0.05) is 0 Å². The van der Waals surface area contributed by atoms with Crippen LogP contribution in [0.15, 0.2) is 46.4 Å². The second-order valence-electron chi connectivity index (χ2n) is 3.25. The van der Waals surface area contributed by atoms with E-state index in [9.17, 15) is 13.2 Å². The van der Waals surface area contributed by atoms with Crippen molar-refractivity contribution in [3.63, 3.8) is 0 Å². The summed E-state index contributed by atoms with van der Waals surface area (Å²) < 4.78 is 33.7. The minimum absolute atomic E-state index is 0.0151. The van der Waals surface area contributed by atoms with Gasteiger partial charge in [0.15, 0.2) is 4.91 Å². The number of rotatable bonds is 5. The van der Waals surface area contributed by atoms with Gasteiger partial charge in [0.25, 0.3) is 0 Å². The zero-order valence-corrected chi connectivity index (χ0v) is 10.9. The van der Waals surface area contributed by atoms with Gasteiger partial charge in [-0.05, 0) is 19.1 Å². The minimum Gasteiger partial charge on any atom is -0.500 e. The molecular weight excluding hydrogens is 256 g/mol. The molecule has 1 aromatic carbocycles. The molecule has 0 unspecified atom stereocenters. The van der Waals surface area contributed by atoms with Crippen LogP contribution in [0, 0.1) is 0 Å². The van der Waals surface area contributed by atoms with E-state index in [0.717, 1.165) is 13.4 Å². The Labute approximate surface area is 106 Å². The number of carbonyl (C=O) groups is 1. The van der Waals surface area contributed by atoms with Crippen molar-refractivity contribution in [2.75, 3.05) is 13.7 Å². The molecule has 0 amide bonds. The molecule has 0 fully saturated rings. The second kappa shape index (κ2) is 6.20. The van der Waals surface area contributed by atoms with E-state index in [1.54, 1.807) is 25.1 Å². The predicted octanol–water partition coefficient (Wildman–Crippen LogP) is 1.51. The highest BCUT2D eigenvalue weighted by Crippen LogP contribution is 2.20. The maximum atomic E-state index is 12.2. The Morgan fingerprint density at radius 1 is 1.28 bits per heavy atom. The van der Waals surface area contributed by atoms with Crippen LogP contribution in [0.5, 0.6) is 0 Å². The SMILES string of the molecule is CCOC=C(C(=O)OC)S(=O)(=O)c1ccccc1. The number of ether oxygens (including phenoxy) is 2. The standard InChI is InChI=1S/C12H14O5S/c1-3-17-9-11(12(13)16-2)18(14,15)10-7-5-4-6-8-10/h4-9H,3H2,1-2H3. The maximum absolute atomic E-state index is 12.2. The van der Waals surface area contributed by atoms with E-state index in [4.69, 9.17) is 4.74 Å². The predicted molar refractivity (Wildman–Crippen MR) is 65.4 cm³/mol. The number of hydrogen-bond acceptors (Lipinski definition) is 5. The molecule has 0 radical (unpaired) electrons. The molecule has 0 N–H and O–H groups in total. The van der Waals surface area contributed by atoms with Crippen molar-refractivity contribution in [2.45, 2.75) is 11.8 Å². The average Bonchev–Trinajstić information content (AvgIpc) is 2.39. The zero-order valence-electron chi connectivity index (χ0n) is 10.1. The summed E-state index contributed by atoms with van der Waals surface area (Å²) in [5.41, 5.74) is 0. The second-order valence-corrected chi connectivity index (χ2v) is 5.16. The molecule has 5 nitrogen and oxygen atoms in total. The van der Waals surface area contributed by atoms with Crippen LogP contribution in [0.2, 0.25) is 0 Å². The first-order valence-electron chi connectivity index (χ1n) is 5.24. The van der Waals surface area contributed by atoms with Crippen molar-refractivity contribution in [3.8, 4) is 0 Å². The first kappa shape index (κ1) is 14.2. The van der Waals surface area contributed by atoms with Crippen LogP contribution in [0.3, 0.4) is 0 Å². The maximum Gasteiger partial charge on any atom is 0.353 e. The van der Waals surface area contributed by atoms with E-state index in [0.29, 0.717) is 0 Å². The lowest BCUT2D eigenvalue weighted by atomic mass is 10.4. The smallest absolute Gasteiger partial charge is 0.353 e. The summed E-state index contributed by atoms with van der Waals surface area (Å²) in [7, 11) is -2.81. The first-order chi connectivity index (χ1) is 8.54. The van der Waals surface area contributed by atoms with E-state index in [1.807, 2.05) is 0 Å². The monoisotopic (exact) mass is 270 g/mol. The largest absolute Gasteiger partial charge is 0.500 e. The summed E-state index contributed by atoms with van der Waals surface area (Å²) in [6, 6.07) is 7.63. The Morgan fingerprint density at radius 3 is 2.39 bits per heavy atom. The van der Waals surface area contributed by atoms with Crippen LogP contribution in [0.4, 0.5) is 0 Å². The van der Waals surface area contributed by atoms with Crippen molar-refractivity contribution < 1.29 is 22.7 Å². The Kier molecular flexibility index (Phi) is 4.91. The van der Waals surface area contributed by atoms with Crippen molar-refractivity contribution in [1.82, 2.24) is 0 Å². The van der Waals surface area contributed by atoms with Gasteiger partial charge in [0.05, 0.1) is 18.6 Å². The van der Waals surface area contributed by atoms with Gasteiger partial charge in [-0.3, -0.25) is 0 Å². The van der Waals surface area contributed by atoms with E-state index in [2.05, 4.69) is 4.74 Å². The van der Waals surface area contributed by atoms with Crippen LogP contribution in [-0.2, 0) is 24.1 Å². The highest BCUT2D eigenvalue weighted by atomic mass is 32.2.